The van der Waals surface area contributed by atoms with Crippen LogP contribution in [0.25, 0.3) is 67.3 Å². The maximum absolute atomic E-state index is 13.0. The molecule has 1 saturated heterocycles. The number of hydrogen-bond acceptors (Lipinski definition) is 17. The standard InChI is InChI=1S/C23H28N4O4S.C23H28N4O3S.C22H26N4O4S.3H2/c1-14(2)32(30,31)17-9-7-15(8-10-17)19-13-25-22-21(27-19)18(12-24-22)23(29)26-11-16-5-3-4-6-20(16)28;1-15(2)31(29,30)18-10-8-17(9-11-18)20-14-25-22-21(27-20)19(13-24-22)23(28)26-12-16-6-4-3-5-7-16;1-14(2)31(29,30)17-5-3-16(4-6-17)19-12-24-21-20(25-19)18(11-23-21)22(28)26-9-7-15(13-27)8-10-26;;;/h7-10,12-14,16,20,28H,3-6,11H2,1-2H3,(H,24,25)(H,26,29);8-11,13-16H,3-7,12H2,1-2H3,(H,24,25)(H,26,28);3-6,11-12,14-15,27H,7-10,13H2,1-2H3,(H,23,24);3*1H/t16-,20+;;;;;/m0...../s1. The zero-order valence-corrected chi connectivity index (χ0v) is 56.1. The number of nitrogens with one attached hydrogen (secondary N) is 5. The number of sulfone groups is 3. The summed E-state index contributed by atoms with van der Waals surface area (Å²) in [4.78, 5) is 77.2. The van der Waals surface area contributed by atoms with E-state index in [9.17, 15) is 49.9 Å². The van der Waals surface area contributed by atoms with Gasteiger partial charge in [-0.05, 0) is 128 Å². The van der Waals surface area contributed by atoms with Gasteiger partial charge in [-0.15, -0.1) is 0 Å². The van der Waals surface area contributed by atoms with Crippen LogP contribution in [0.5, 0.6) is 0 Å². The monoisotopic (exact) mass is 1340 g/mol. The number of aliphatic hydroxyl groups excluding tert-OH is 2. The molecule has 0 bridgehead atoms. The topological polar surface area (TPSA) is 346 Å². The minimum Gasteiger partial charge on any atom is -0.396 e. The third-order valence-electron chi connectivity index (χ3n) is 18.0. The van der Waals surface area contributed by atoms with E-state index >= 15 is 0 Å². The summed E-state index contributed by atoms with van der Waals surface area (Å²) in [5.41, 5.74) is 8.21. The van der Waals surface area contributed by atoms with Gasteiger partial charge in [-0.25, -0.2) is 55.2 Å². The molecule has 504 valence electrons. The first-order valence-corrected chi connectivity index (χ1v) is 36.8. The summed E-state index contributed by atoms with van der Waals surface area (Å²) in [6.45, 7) is 12.4. The van der Waals surface area contributed by atoms with Crippen molar-refractivity contribution in [2.45, 2.75) is 149 Å². The van der Waals surface area contributed by atoms with E-state index in [1.165, 1.54) is 32.1 Å². The summed E-state index contributed by atoms with van der Waals surface area (Å²) in [5, 5.41) is 23.9. The summed E-state index contributed by atoms with van der Waals surface area (Å²) in [7, 11) is -10.0. The molecule has 3 aromatic carbocycles. The predicted octanol–water partition coefficient (Wildman–Crippen LogP) is 10.6. The van der Waals surface area contributed by atoms with Gasteiger partial charge in [0.2, 0.25) is 0 Å². The molecule has 7 heterocycles. The van der Waals surface area contributed by atoms with Crippen molar-refractivity contribution in [1.29, 1.82) is 0 Å². The average Bonchev–Trinajstić information content (AvgIpc) is 1.80. The molecule has 2 atom stereocenters. The van der Waals surface area contributed by atoms with Crippen molar-refractivity contribution in [2.75, 3.05) is 32.8 Å². The highest BCUT2D eigenvalue weighted by molar-refractivity contribution is 7.92. The van der Waals surface area contributed by atoms with Gasteiger partial charge in [-0.1, -0.05) is 68.5 Å². The van der Waals surface area contributed by atoms with E-state index in [-0.39, 0.29) is 61.2 Å². The van der Waals surface area contributed by atoms with Crippen molar-refractivity contribution in [1.82, 2.24) is 60.4 Å². The first-order chi connectivity index (χ1) is 44.9. The van der Waals surface area contributed by atoms with Crippen LogP contribution >= 0.6 is 0 Å². The van der Waals surface area contributed by atoms with Crippen molar-refractivity contribution < 1.29 is 54.1 Å². The first-order valence-electron chi connectivity index (χ1n) is 32.1. The van der Waals surface area contributed by atoms with Crippen LogP contribution in [0.4, 0.5) is 0 Å². The molecule has 26 heteroatoms. The minimum atomic E-state index is -3.35. The molecule has 3 fully saturated rings. The maximum atomic E-state index is 13.0. The van der Waals surface area contributed by atoms with Crippen molar-refractivity contribution in [2.24, 2.45) is 17.8 Å². The number of fused-ring (bicyclic) bond motifs is 3. The normalized spacial score (nSPS) is 16.9. The molecule has 12 rings (SSSR count). The van der Waals surface area contributed by atoms with Gasteiger partial charge in [0.05, 0.1) is 88.9 Å². The maximum Gasteiger partial charge on any atom is 0.257 e. The number of benzene rings is 3. The van der Waals surface area contributed by atoms with Crippen molar-refractivity contribution >= 4 is 80.7 Å². The molecule has 1 aliphatic heterocycles. The third kappa shape index (κ3) is 15.4. The fraction of sp³-hybridized carbons (Fsp3) is 0.426. The van der Waals surface area contributed by atoms with E-state index in [0.717, 1.165) is 49.7 Å². The molecule has 0 spiro atoms. The molecule has 0 radical (unpaired) electrons. The Morgan fingerprint density at radius 1 is 0.500 bits per heavy atom. The number of nitrogens with zero attached hydrogens (tertiary/aromatic N) is 7. The van der Waals surface area contributed by atoms with Crippen LogP contribution < -0.4 is 10.6 Å². The predicted molar refractivity (Wildman–Crippen MR) is 366 cm³/mol. The van der Waals surface area contributed by atoms with E-state index in [1.807, 2.05) is 0 Å². The molecule has 3 amide bonds. The number of carbonyl (C=O) groups excluding carboxylic acids is 3. The molecule has 6 aromatic heterocycles. The Hall–Kier alpha value is -8.30. The molecule has 9 aromatic rings. The van der Waals surface area contributed by atoms with Gasteiger partial charge in [-0.2, -0.15) is 0 Å². The van der Waals surface area contributed by atoms with E-state index in [2.05, 4.69) is 55.5 Å². The van der Waals surface area contributed by atoms with Gasteiger partial charge in [0.1, 0.15) is 16.6 Å². The van der Waals surface area contributed by atoms with Gasteiger partial charge >= 0.3 is 0 Å². The number of amides is 3. The van der Waals surface area contributed by atoms with Gasteiger partial charge in [0, 0.05) is 78.3 Å². The highest BCUT2D eigenvalue weighted by atomic mass is 32.2. The first kappa shape index (κ1) is 68.6. The van der Waals surface area contributed by atoms with Crippen LogP contribution in [-0.4, -0.2) is 158 Å². The number of aliphatic hydroxyl groups is 2. The van der Waals surface area contributed by atoms with Crippen LogP contribution in [0, 0.1) is 17.8 Å². The smallest absolute Gasteiger partial charge is 0.257 e. The Kier molecular flexibility index (Phi) is 21.6. The zero-order chi connectivity index (χ0) is 67.1. The van der Waals surface area contributed by atoms with Crippen molar-refractivity contribution in [3.63, 3.8) is 0 Å². The zero-order valence-electron chi connectivity index (χ0n) is 53.7. The van der Waals surface area contributed by atoms with Crippen LogP contribution in [0.2, 0.25) is 0 Å². The van der Waals surface area contributed by atoms with Gasteiger partial charge in [0.25, 0.3) is 17.7 Å². The molecule has 94 heavy (non-hydrogen) atoms. The number of piperidine rings is 1. The number of aromatic nitrogens is 9. The Labute approximate surface area is 552 Å². The highest BCUT2D eigenvalue weighted by Gasteiger charge is 2.29. The summed E-state index contributed by atoms with van der Waals surface area (Å²) in [5.74, 6) is 0.347. The second-order valence-electron chi connectivity index (χ2n) is 25.3. The molecule has 2 saturated carbocycles. The number of hydrogen-bond donors (Lipinski definition) is 7. The number of aromatic amines is 3. The quantitative estimate of drug-likeness (QED) is 0.0445. The lowest BCUT2D eigenvalue weighted by atomic mass is 9.86. The van der Waals surface area contributed by atoms with E-state index in [1.54, 1.807) is 156 Å². The fourth-order valence-electron chi connectivity index (χ4n) is 11.8. The van der Waals surface area contributed by atoms with E-state index < -0.39 is 45.3 Å². The fourth-order valence-corrected chi connectivity index (χ4v) is 15.0. The van der Waals surface area contributed by atoms with Crippen LogP contribution in [-0.2, 0) is 29.5 Å². The van der Waals surface area contributed by atoms with E-state index in [4.69, 9.17) is 0 Å². The summed E-state index contributed by atoms with van der Waals surface area (Å²) >= 11 is 0. The lowest BCUT2D eigenvalue weighted by molar-refractivity contribution is 0.0650. The van der Waals surface area contributed by atoms with Crippen molar-refractivity contribution in [3.8, 4) is 33.8 Å². The molecular weight excluding hydrogens is 1260 g/mol. The summed E-state index contributed by atoms with van der Waals surface area (Å²) < 4.78 is 74.0. The number of carbonyl (C=O) groups is 3. The molecule has 0 unspecified atom stereocenters. The lowest BCUT2D eigenvalue weighted by Gasteiger charge is -2.30. The lowest BCUT2D eigenvalue weighted by Crippen LogP contribution is -2.39. The molecular formula is C68H88N12O11S3. The molecule has 23 nitrogen and oxygen atoms in total. The van der Waals surface area contributed by atoms with Crippen molar-refractivity contribution in [3.05, 3.63) is 127 Å². The second-order valence-corrected chi connectivity index (χ2v) is 32.8. The van der Waals surface area contributed by atoms with Gasteiger partial charge < -0.3 is 40.7 Å². The third-order valence-corrected chi connectivity index (χ3v) is 24.5. The molecule has 2 aliphatic carbocycles. The van der Waals surface area contributed by atoms with Gasteiger partial charge in [-0.3, -0.25) is 14.4 Å². The molecule has 3 aliphatic rings. The second kappa shape index (κ2) is 29.6. The largest absolute Gasteiger partial charge is 0.396 e. The number of rotatable bonds is 17. The number of H-pyrrole nitrogens is 3. The Balaban J connectivity index is 0.000000202. The average molecular weight is 1350 g/mol. The minimum absolute atomic E-state index is 0. The Morgan fingerprint density at radius 3 is 1.24 bits per heavy atom. The van der Waals surface area contributed by atoms with Crippen LogP contribution in [0.3, 0.4) is 0 Å². The van der Waals surface area contributed by atoms with Gasteiger partial charge in [0.15, 0.2) is 46.5 Å². The SMILES string of the molecule is CC(C)S(=O)(=O)c1ccc(-c2cnc3[nH]cc(C(=O)N4CCC(CO)CC4)c3n2)cc1.CC(C)S(=O)(=O)c1ccc(-c2cnc3[nH]cc(C(=O)NCC4CCCCC4)c3n2)cc1.CC(C)S(=O)(=O)c1ccc(-c2cnc3[nH]cc(C(=O)NC[C@@H]4CCCC[C@H]4O)c3n2)cc1.[HH].[HH].[HH]. The molecule has 7 N–H and O–H groups in total. The van der Waals surface area contributed by atoms with Crippen LogP contribution in [0.15, 0.2) is 125 Å². The summed E-state index contributed by atoms with van der Waals surface area (Å²) in [6, 6.07) is 19.7. The Bertz CT molecular complexity index is 4520. The summed E-state index contributed by atoms with van der Waals surface area (Å²) in [6.07, 6.45) is 20.7. The number of likely N-dealkylation sites (tertiary alicyclic amines) is 1. The Morgan fingerprint density at radius 2 is 0.862 bits per heavy atom. The highest BCUT2D eigenvalue weighted by Crippen LogP contribution is 2.31. The van der Waals surface area contributed by atoms with Crippen LogP contribution in [0.1, 0.15) is 148 Å². The van der Waals surface area contributed by atoms with E-state index in [0.29, 0.717) is 105 Å².